The number of benzene rings is 2. The van der Waals surface area contributed by atoms with Crippen LogP contribution in [0.2, 0.25) is 0 Å². The van der Waals surface area contributed by atoms with Crippen molar-refractivity contribution in [1.29, 1.82) is 0 Å². The van der Waals surface area contributed by atoms with Gasteiger partial charge in [0.25, 0.3) is 5.91 Å². The lowest BCUT2D eigenvalue weighted by Crippen LogP contribution is -2.46. The van der Waals surface area contributed by atoms with Crippen molar-refractivity contribution in [3.8, 4) is 0 Å². The fourth-order valence-electron chi connectivity index (χ4n) is 4.81. The number of carbonyl (C=O) groups excluding carboxylic acids is 1. The highest BCUT2D eigenvalue weighted by Gasteiger charge is 2.18. The molecule has 1 aliphatic rings. The smallest absolute Gasteiger partial charge is 0.266 e. The fraction of sp³-hybridized carbons (Fsp3) is 0.333. The van der Waals surface area contributed by atoms with Gasteiger partial charge in [-0.25, -0.2) is 0 Å². The Morgan fingerprint density at radius 2 is 1.92 bits per heavy atom. The second kappa shape index (κ2) is 13.1. The molecule has 1 saturated heterocycles. The maximum Gasteiger partial charge on any atom is 0.266 e. The number of aromatic nitrogens is 2. The van der Waals surface area contributed by atoms with Crippen molar-refractivity contribution in [2.24, 2.45) is 0 Å². The third-order valence-corrected chi connectivity index (χ3v) is 8.03. The third kappa shape index (κ3) is 7.00. The average molecular weight is 546 g/mol. The number of amides is 1. The molecule has 0 spiro atoms. The number of aliphatic hydroxyl groups is 1. The van der Waals surface area contributed by atoms with E-state index in [2.05, 4.69) is 43.5 Å². The predicted octanol–water partition coefficient (Wildman–Crippen LogP) is 4.48. The molecule has 0 atom stereocenters. The average Bonchev–Trinajstić information content (AvgIpc) is 3.57. The minimum Gasteiger partial charge on any atom is -0.394 e. The summed E-state index contributed by atoms with van der Waals surface area (Å²) in [5.74, 6) is -0.0865. The molecule has 3 heterocycles. The largest absolute Gasteiger partial charge is 0.394 e. The van der Waals surface area contributed by atoms with E-state index in [0.717, 1.165) is 83.1 Å². The van der Waals surface area contributed by atoms with Gasteiger partial charge >= 0.3 is 0 Å². The maximum atomic E-state index is 13.1. The molecule has 4 aromatic rings. The monoisotopic (exact) mass is 545 g/mol. The Bertz CT molecular complexity index is 1420. The second-order valence-corrected chi connectivity index (χ2v) is 10.7. The predicted molar refractivity (Wildman–Crippen MR) is 158 cm³/mol. The number of ether oxygens (including phenoxy) is 1. The number of aryl methyl sites for hydroxylation is 1. The molecule has 2 aromatic carbocycles. The number of hydrogen-bond acceptors (Lipinski definition) is 7. The van der Waals surface area contributed by atoms with E-state index in [0.29, 0.717) is 13.2 Å². The summed E-state index contributed by atoms with van der Waals surface area (Å²) < 4.78 is 5.41. The van der Waals surface area contributed by atoms with Gasteiger partial charge in [0.15, 0.2) is 0 Å². The lowest BCUT2D eigenvalue weighted by Gasteiger charge is -2.34. The SMILES string of the molecule is Cc1ccsc1C(=O)Nc1cc(CN2CCN(CCOCCO)CC2)ccc1/C=C/c1n[nH]c2ccccc12. The number of aliphatic hydroxyl groups excluding tert-OH is 1. The Morgan fingerprint density at radius 1 is 1.10 bits per heavy atom. The molecular formula is C30H35N5O3S. The Morgan fingerprint density at radius 3 is 2.72 bits per heavy atom. The Hall–Kier alpha value is -3.34. The lowest BCUT2D eigenvalue weighted by atomic mass is 10.1. The number of piperazine rings is 1. The number of carbonyl (C=O) groups is 1. The number of H-pyrrole nitrogens is 1. The van der Waals surface area contributed by atoms with Crippen LogP contribution in [0.1, 0.15) is 32.1 Å². The van der Waals surface area contributed by atoms with Crippen LogP contribution in [0.4, 0.5) is 5.69 Å². The normalized spacial score (nSPS) is 14.9. The molecule has 39 heavy (non-hydrogen) atoms. The molecule has 3 N–H and O–H groups in total. The van der Waals surface area contributed by atoms with E-state index in [1.54, 1.807) is 0 Å². The Kier molecular flexibility index (Phi) is 9.18. The minimum absolute atomic E-state index is 0.0671. The lowest BCUT2D eigenvalue weighted by molar-refractivity contribution is 0.0564. The van der Waals surface area contributed by atoms with Crippen molar-refractivity contribution in [2.45, 2.75) is 13.5 Å². The highest BCUT2D eigenvalue weighted by Crippen LogP contribution is 2.25. The number of nitrogens with zero attached hydrogens (tertiary/aromatic N) is 3. The van der Waals surface area contributed by atoms with Crippen LogP contribution in [0.15, 0.2) is 53.9 Å². The van der Waals surface area contributed by atoms with Crippen molar-refractivity contribution >= 4 is 46.0 Å². The number of aromatic amines is 1. The van der Waals surface area contributed by atoms with Gasteiger partial charge in [-0.3, -0.25) is 19.7 Å². The zero-order valence-electron chi connectivity index (χ0n) is 22.2. The van der Waals surface area contributed by atoms with Crippen molar-refractivity contribution in [1.82, 2.24) is 20.0 Å². The summed E-state index contributed by atoms with van der Waals surface area (Å²) in [6.07, 6.45) is 4.00. The molecule has 1 fully saturated rings. The van der Waals surface area contributed by atoms with Crippen molar-refractivity contribution in [2.75, 3.05) is 57.9 Å². The molecule has 9 heteroatoms. The first-order chi connectivity index (χ1) is 19.1. The molecule has 0 unspecified atom stereocenters. The van der Waals surface area contributed by atoms with Crippen molar-refractivity contribution < 1.29 is 14.6 Å². The molecule has 0 radical (unpaired) electrons. The van der Waals surface area contributed by atoms with Gasteiger partial charge in [-0.2, -0.15) is 5.10 Å². The quantitative estimate of drug-likeness (QED) is 0.241. The number of nitrogens with one attached hydrogen (secondary N) is 2. The van der Waals surface area contributed by atoms with Gasteiger partial charge < -0.3 is 15.2 Å². The first-order valence-corrected chi connectivity index (χ1v) is 14.2. The topological polar surface area (TPSA) is 93.7 Å². The molecular weight excluding hydrogens is 510 g/mol. The summed E-state index contributed by atoms with van der Waals surface area (Å²) >= 11 is 1.46. The highest BCUT2D eigenvalue weighted by atomic mass is 32.1. The Labute approximate surface area is 232 Å². The summed E-state index contributed by atoms with van der Waals surface area (Å²) in [7, 11) is 0. The number of rotatable bonds is 11. The Balaban J connectivity index is 1.30. The molecule has 2 aromatic heterocycles. The van der Waals surface area contributed by atoms with Crippen molar-refractivity contribution in [3.05, 3.63) is 81.2 Å². The molecule has 1 amide bonds. The van der Waals surface area contributed by atoms with Gasteiger partial charge in [-0.05, 0) is 53.3 Å². The van der Waals surface area contributed by atoms with Crippen LogP contribution in [-0.2, 0) is 11.3 Å². The van der Waals surface area contributed by atoms with E-state index in [9.17, 15) is 4.79 Å². The van der Waals surface area contributed by atoms with E-state index in [1.807, 2.05) is 54.8 Å². The van der Waals surface area contributed by atoms with Crippen LogP contribution in [0.3, 0.4) is 0 Å². The number of anilines is 1. The van der Waals surface area contributed by atoms with Gasteiger partial charge in [0.2, 0.25) is 0 Å². The zero-order chi connectivity index (χ0) is 27.0. The first kappa shape index (κ1) is 27.2. The molecule has 204 valence electrons. The van der Waals surface area contributed by atoms with E-state index in [4.69, 9.17) is 9.84 Å². The summed E-state index contributed by atoms with van der Waals surface area (Å²) in [5, 5.41) is 22.6. The number of para-hydroxylation sites is 1. The van der Waals surface area contributed by atoms with E-state index in [1.165, 1.54) is 11.3 Å². The molecule has 5 rings (SSSR count). The van der Waals surface area contributed by atoms with Crippen LogP contribution in [-0.4, -0.2) is 83.6 Å². The number of thiophene rings is 1. The number of hydrogen-bond donors (Lipinski definition) is 3. The summed E-state index contributed by atoms with van der Waals surface area (Å²) in [6.45, 7) is 8.71. The second-order valence-electron chi connectivity index (χ2n) is 9.75. The molecule has 0 saturated carbocycles. The zero-order valence-corrected chi connectivity index (χ0v) is 23.0. The summed E-state index contributed by atoms with van der Waals surface area (Å²) in [4.78, 5) is 18.7. The number of fused-ring (bicyclic) bond motifs is 1. The molecule has 0 aliphatic carbocycles. The summed E-state index contributed by atoms with van der Waals surface area (Å²) in [6, 6.07) is 16.3. The maximum absolute atomic E-state index is 13.1. The van der Waals surface area contributed by atoms with Crippen LogP contribution in [0.25, 0.3) is 23.1 Å². The van der Waals surface area contributed by atoms with Crippen molar-refractivity contribution in [3.63, 3.8) is 0 Å². The minimum atomic E-state index is -0.0865. The fourth-order valence-corrected chi connectivity index (χ4v) is 5.63. The van der Waals surface area contributed by atoms with E-state index < -0.39 is 0 Å². The van der Waals surface area contributed by atoms with Gasteiger partial charge in [0, 0.05) is 50.3 Å². The van der Waals surface area contributed by atoms with Gasteiger partial charge in [-0.15, -0.1) is 11.3 Å². The third-order valence-electron chi connectivity index (χ3n) is 7.01. The van der Waals surface area contributed by atoms with E-state index in [-0.39, 0.29) is 12.5 Å². The van der Waals surface area contributed by atoms with Crippen LogP contribution in [0.5, 0.6) is 0 Å². The molecule has 0 bridgehead atoms. The summed E-state index contributed by atoms with van der Waals surface area (Å²) in [5.41, 5.74) is 5.72. The molecule has 8 nitrogen and oxygen atoms in total. The van der Waals surface area contributed by atoms with Crippen LogP contribution >= 0.6 is 11.3 Å². The van der Waals surface area contributed by atoms with Crippen LogP contribution < -0.4 is 5.32 Å². The van der Waals surface area contributed by atoms with Gasteiger partial charge in [0.05, 0.1) is 35.9 Å². The highest BCUT2D eigenvalue weighted by molar-refractivity contribution is 7.12. The van der Waals surface area contributed by atoms with Gasteiger partial charge in [0.1, 0.15) is 0 Å². The standard InChI is InChI=1S/C30H35N5O3S/c1-22-10-19-39-29(22)30(37)31-28-20-23(21-35-13-11-34(12-14-35)15-17-38-18-16-36)6-7-24(28)8-9-27-25-4-2-3-5-26(25)32-33-27/h2-10,19-20,36H,11-18,21H2,1H3,(H,31,37)(H,32,33)/b9-8+. The van der Waals surface area contributed by atoms with E-state index >= 15 is 0 Å². The van der Waals surface area contributed by atoms with Gasteiger partial charge in [-0.1, -0.05) is 36.4 Å². The van der Waals surface area contributed by atoms with Crippen LogP contribution in [0, 0.1) is 6.92 Å². The molecule has 1 aliphatic heterocycles. The first-order valence-electron chi connectivity index (χ1n) is 13.3.